The number of rotatable bonds is 2. The Hall–Kier alpha value is -2.50. The first-order chi connectivity index (χ1) is 8.63. The lowest BCUT2D eigenvalue weighted by Gasteiger charge is -2.04. The highest BCUT2D eigenvalue weighted by Crippen LogP contribution is 2.18. The summed E-state index contributed by atoms with van der Waals surface area (Å²) < 4.78 is 18.1. The molecule has 1 heterocycles. The Morgan fingerprint density at radius 2 is 2.22 bits per heavy atom. The lowest BCUT2D eigenvalue weighted by atomic mass is 10.1. The molecule has 0 spiro atoms. The minimum Gasteiger partial charge on any atom is -0.465 e. The van der Waals surface area contributed by atoms with E-state index in [4.69, 9.17) is 0 Å². The fourth-order valence-electron chi connectivity index (χ4n) is 1.51. The van der Waals surface area contributed by atoms with Gasteiger partial charge in [0.2, 0.25) is 0 Å². The fraction of sp³-hybridized carbons (Fsp3) is 0.0833. The van der Waals surface area contributed by atoms with Crippen LogP contribution in [0, 0.1) is 5.82 Å². The van der Waals surface area contributed by atoms with Gasteiger partial charge in [-0.25, -0.2) is 14.2 Å². The number of halogens is 1. The predicted molar refractivity (Wildman–Crippen MR) is 61.6 cm³/mol. The molecule has 0 bridgehead atoms. The summed E-state index contributed by atoms with van der Waals surface area (Å²) in [6.45, 7) is 0. The van der Waals surface area contributed by atoms with Crippen LogP contribution in [-0.2, 0) is 4.74 Å². The molecule has 0 aliphatic carbocycles. The third-order valence-electron chi connectivity index (χ3n) is 2.40. The summed E-state index contributed by atoms with van der Waals surface area (Å²) in [6.07, 6.45) is 2.57. The Labute approximate surface area is 101 Å². The summed E-state index contributed by atoms with van der Waals surface area (Å²) in [6, 6.07) is 3.82. The van der Waals surface area contributed by atoms with Crippen LogP contribution in [0.15, 0.2) is 35.5 Å². The average Bonchev–Trinajstić information content (AvgIpc) is 2.38. The maximum atomic E-state index is 13.7. The van der Waals surface area contributed by atoms with Gasteiger partial charge in [0.1, 0.15) is 5.82 Å². The molecular formula is C12H9FN2O3. The highest BCUT2D eigenvalue weighted by molar-refractivity contribution is 5.90. The number of hydrogen-bond acceptors (Lipinski definition) is 4. The predicted octanol–water partition coefficient (Wildman–Crippen LogP) is 1.36. The normalized spacial score (nSPS) is 10.1. The fourth-order valence-corrected chi connectivity index (χ4v) is 1.51. The summed E-state index contributed by atoms with van der Waals surface area (Å²) in [5, 5.41) is 0. The maximum Gasteiger partial charge on any atom is 0.340 e. The number of methoxy groups -OCH3 is 1. The van der Waals surface area contributed by atoms with Crippen molar-refractivity contribution >= 4 is 5.97 Å². The van der Waals surface area contributed by atoms with Gasteiger partial charge < -0.3 is 9.72 Å². The molecule has 0 aliphatic rings. The Morgan fingerprint density at radius 1 is 1.44 bits per heavy atom. The lowest BCUT2D eigenvalue weighted by molar-refractivity contribution is 0.0595. The minimum atomic E-state index is -0.765. The lowest BCUT2D eigenvalue weighted by Crippen LogP contribution is -2.09. The third-order valence-corrected chi connectivity index (χ3v) is 2.40. The third kappa shape index (κ3) is 2.13. The van der Waals surface area contributed by atoms with E-state index in [0.717, 1.165) is 6.07 Å². The largest absolute Gasteiger partial charge is 0.465 e. The second-order valence-corrected chi connectivity index (χ2v) is 3.48. The molecule has 0 aliphatic heterocycles. The van der Waals surface area contributed by atoms with E-state index in [-0.39, 0.29) is 16.7 Å². The molecule has 6 heteroatoms. The van der Waals surface area contributed by atoms with Crippen molar-refractivity contribution < 1.29 is 13.9 Å². The molecule has 1 N–H and O–H groups in total. The van der Waals surface area contributed by atoms with Gasteiger partial charge in [-0.1, -0.05) is 6.07 Å². The van der Waals surface area contributed by atoms with Crippen molar-refractivity contribution in [3.05, 3.63) is 52.5 Å². The van der Waals surface area contributed by atoms with Crippen LogP contribution in [0.2, 0.25) is 0 Å². The van der Waals surface area contributed by atoms with Crippen LogP contribution in [0.5, 0.6) is 0 Å². The SMILES string of the molecule is COC(=O)c1ccc(-c2cnc[nH]c2=O)cc1F. The number of nitrogens with one attached hydrogen (secondary N) is 1. The Balaban J connectivity index is 2.50. The number of H-pyrrole nitrogens is 1. The summed E-state index contributed by atoms with van der Waals surface area (Å²) >= 11 is 0. The number of benzene rings is 1. The van der Waals surface area contributed by atoms with Crippen molar-refractivity contribution in [3.8, 4) is 11.1 Å². The van der Waals surface area contributed by atoms with Gasteiger partial charge in [0, 0.05) is 6.20 Å². The first kappa shape index (κ1) is 12.0. The van der Waals surface area contributed by atoms with Crippen LogP contribution in [0.4, 0.5) is 4.39 Å². The number of aromatic nitrogens is 2. The number of carbonyl (C=O) groups excluding carboxylic acids is 1. The molecule has 0 amide bonds. The van der Waals surface area contributed by atoms with E-state index in [9.17, 15) is 14.0 Å². The van der Waals surface area contributed by atoms with Gasteiger partial charge in [-0.15, -0.1) is 0 Å². The minimum absolute atomic E-state index is 0.179. The van der Waals surface area contributed by atoms with Crippen LogP contribution < -0.4 is 5.56 Å². The second-order valence-electron chi connectivity index (χ2n) is 3.48. The summed E-state index contributed by atoms with van der Waals surface area (Å²) in [4.78, 5) is 28.8. The quantitative estimate of drug-likeness (QED) is 0.814. The number of carbonyl (C=O) groups is 1. The van der Waals surface area contributed by atoms with Crippen LogP contribution in [-0.4, -0.2) is 23.0 Å². The second kappa shape index (κ2) is 4.79. The van der Waals surface area contributed by atoms with Crippen molar-refractivity contribution in [2.24, 2.45) is 0 Å². The summed E-state index contributed by atoms with van der Waals surface area (Å²) in [5.74, 6) is -1.51. The van der Waals surface area contributed by atoms with E-state index >= 15 is 0 Å². The Morgan fingerprint density at radius 3 is 2.83 bits per heavy atom. The van der Waals surface area contributed by atoms with E-state index in [1.165, 1.54) is 31.8 Å². The zero-order chi connectivity index (χ0) is 13.1. The molecular weight excluding hydrogens is 239 g/mol. The van der Waals surface area contributed by atoms with Crippen molar-refractivity contribution in [2.45, 2.75) is 0 Å². The number of aromatic amines is 1. The highest BCUT2D eigenvalue weighted by atomic mass is 19.1. The number of nitrogens with zero attached hydrogens (tertiary/aromatic N) is 1. The van der Waals surface area contributed by atoms with Crippen molar-refractivity contribution in [2.75, 3.05) is 7.11 Å². The van der Waals surface area contributed by atoms with E-state index < -0.39 is 11.8 Å². The first-order valence-corrected chi connectivity index (χ1v) is 5.04. The Kier molecular flexibility index (Phi) is 3.18. The average molecular weight is 248 g/mol. The smallest absolute Gasteiger partial charge is 0.340 e. The molecule has 18 heavy (non-hydrogen) atoms. The van der Waals surface area contributed by atoms with Gasteiger partial charge in [-0.05, 0) is 17.7 Å². The van der Waals surface area contributed by atoms with Crippen LogP contribution >= 0.6 is 0 Å². The van der Waals surface area contributed by atoms with Crippen molar-refractivity contribution in [3.63, 3.8) is 0 Å². The van der Waals surface area contributed by atoms with Gasteiger partial charge in [0.25, 0.3) is 5.56 Å². The van der Waals surface area contributed by atoms with Gasteiger partial charge >= 0.3 is 5.97 Å². The molecule has 0 saturated heterocycles. The molecule has 1 aromatic carbocycles. The van der Waals surface area contributed by atoms with Gasteiger partial charge in [0.15, 0.2) is 0 Å². The van der Waals surface area contributed by atoms with Crippen LogP contribution in [0.1, 0.15) is 10.4 Å². The van der Waals surface area contributed by atoms with E-state index in [2.05, 4.69) is 14.7 Å². The summed E-state index contributed by atoms with van der Waals surface area (Å²) in [7, 11) is 1.17. The molecule has 1 aromatic heterocycles. The van der Waals surface area contributed by atoms with E-state index in [0.29, 0.717) is 5.56 Å². The van der Waals surface area contributed by atoms with Gasteiger partial charge in [-0.2, -0.15) is 0 Å². The first-order valence-electron chi connectivity index (χ1n) is 5.04. The monoisotopic (exact) mass is 248 g/mol. The standard InChI is InChI=1S/C12H9FN2O3/c1-18-12(17)8-3-2-7(4-10(8)13)9-5-14-6-15-11(9)16/h2-6H,1H3,(H,14,15,16). The molecule has 92 valence electrons. The Bertz CT molecular complexity index is 652. The van der Waals surface area contributed by atoms with Crippen molar-refractivity contribution in [1.29, 1.82) is 0 Å². The topological polar surface area (TPSA) is 72.0 Å². The molecule has 0 fully saturated rings. The van der Waals surface area contributed by atoms with Gasteiger partial charge in [0.05, 0.1) is 24.6 Å². The molecule has 0 radical (unpaired) electrons. The van der Waals surface area contributed by atoms with Crippen molar-refractivity contribution in [1.82, 2.24) is 9.97 Å². The molecule has 0 unspecified atom stereocenters. The van der Waals surface area contributed by atoms with Gasteiger partial charge in [-0.3, -0.25) is 4.79 Å². The highest BCUT2D eigenvalue weighted by Gasteiger charge is 2.13. The van der Waals surface area contributed by atoms with E-state index in [1.54, 1.807) is 0 Å². The molecule has 2 aromatic rings. The van der Waals surface area contributed by atoms with E-state index in [1.807, 2.05) is 0 Å². The summed E-state index contributed by atoms with van der Waals surface area (Å²) in [5.41, 5.74) is 0.0131. The molecule has 5 nitrogen and oxygen atoms in total. The van der Waals surface area contributed by atoms with Crippen LogP contribution in [0.3, 0.4) is 0 Å². The maximum absolute atomic E-state index is 13.7. The number of hydrogen-bond donors (Lipinski definition) is 1. The number of ether oxygens (including phenoxy) is 1. The molecule has 0 atom stereocenters. The molecule has 0 saturated carbocycles. The molecule has 2 rings (SSSR count). The number of esters is 1. The van der Waals surface area contributed by atoms with Crippen LogP contribution in [0.25, 0.3) is 11.1 Å². The zero-order valence-corrected chi connectivity index (χ0v) is 9.44. The zero-order valence-electron chi connectivity index (χ0n) is 9.44.